The average Bonchev–Trinajstić information content (AvgIpc) is 3.19. The van der Waals surface area contributed by atoms with Gasteiger partial charge in [-0.05, 0) is 19.8 Å². The molecule has 1 aliphatic rings. The van der Waals surface area contributed by atoms with Gasteiger partial charge in [-0.15, -0.1) is 5.10 Å². The molecule has 2 amide bonds. The third-order valence-electron chi connectivity index (χ3n) is 3.80. The van der Waals surface area contributed by atoms with Gasteiger partial charge in [0.25, 0.3) is 0 Å². The molecule has 1 saturated heterocycles. The number of urea groups is 1. The Labute approximate surface area is 128 Å². The minimum Gasteiger partial charge on any atom is -0.480 e. The fraction of sp³-hybridized carbons (Fsp3) is 0.500. The Bertz CT molecular complexity index is 678. The predicted molar refractivity (Wildman–Crippen MR) is 78.7 cm³/mol. The number of nitrogens with zero attached hydrogens (tertiary/aromatic N) is 4. The van der Waals surface area contributed by atoms with E-state index in [0.717, 1.165) is 24.3 Å². The summed E-state index contributed by atoms with van der Waals surface area (Å²) in [5.74, 6) is 1.80. The summed E-state index contributed by atoms with van der Waals surface area (Å²) in [4.78, 5) is 14.3. The van der Waals surface area contributed by atoms with Crippen LogP contribution in [0.25, 0.3) is 0 Å². The fourth-order valence-corrected chi connectivity index (χ4v) is 2.70. The second kappa shape index (κ2) is 5.70. The smallest absolute Gasteiger partial charge is 0.323 e. The molecule has 0 radical (unpaired) electrons. The second-order valence-electron chi connectivity index (χ2n) is 5.34. The maximum absolute atomic E-state index is 12.5. The van der Waals surface area contributed by atoms with E-state index < -0.39 is 0 Å². The second-order valence-corrected chi connectivity index (χ2v) is 5.34. The lowest BCUT2D eigenvalue weighted by atomic mass is 10.1. The van der Waals surface area contributed by atoms with Crippen molar-refractivity contribution in [2.45, 2.75) is 25.8 Å². The van der Waals surface area contributed by atoms with Crippen LogP contribution < -0.4 is 10.1 Å². The molecule has 1 atom stereocenters. The maximum atomic E-state index is 12.5. The molecule has 0 aliphatic carbocycles. The van der Waals surface area contributed by atoms with Crippen molar-refractivity contribution in [1.29, 1.82) is 0 Å². The van der Waals surface area contributed by atoms with Gasteiger partial charge in [0.15, 0.2) is 0 Å². The molecule has 118 valence electrons. The summed E-state index contributed by atoms with van der Waals surface area (Å²) in [5.41, 5.74) is 0.799. The number of ether oxygens (including phenoxy) is 1. The van der Waals surface area contributed by atoms with E-state index in [4.69, 9.17) is 9.26 Å². The fourth-order valence-electron chi connectivity index (χ4n) is 2.70. The summed E-state index contributed by atoms with van der Waals surface area (Å²) in [7, 11) is 3.29. The largest absolute Gasteiger partial charge is 0.480 e. The molecule has 1 aliphatic heterocycles. The monoisotopic (exact) mass is 305 g/mol. The summed E-state index contributed by atoms with van der Waals surface area (Å²) in [6.07, 6.45) is 1.83. The van der Waals surface area contributed by atoms with Crippen LogP contribution in [0.2, 0.25) is 0 Å². The van der Waals surface area contributed by atoms with Gasteiger partial charge < -0.3 is 14.2 Å². The van der Waals surface area contributed by atoms with Gasteiger partial charge >= 0.3 is 6.03 Å². The molecular weight excluding hydrogens is 286 g/mol. The summed E-state index contributed by atoms with van der Waals surface area (Å²) < 4.78 is 11.7. The summed E-state index contributed by atoms with van der Waals surface area (Å²) in [6.45, 7) is 2.54. The molecule has 0 bridgehead atoms. The number of rotatable bonds is 3. The zero-order chi connectivity index (χ0) is 15.7. The first-order valence-electron chi connectivity index (χ1n) is 7.17. The highest BCUT2D eigenvalue weighted by Gasteiger charge is 2.32. The van der Waals surface area contributed by atoms with Crippen molar-refractivity contribution in [2.75, 3.05) is 19.0 Å². The van der Waals surface area contributed by atoms with Crippen molar-refractivity contribution >= 4 is 11.8 Å². The molecule has 1 unspecified atom stereocenters. The van der Waals surface area contributed by atoms with Crippen molar-refractivity contribution in [1.82, 2.24) is 19.8 Å². The lowest BCUT2D eigenvalue weighted by Gasteiger charge is -2.23. The summed E-state index contributed by atoms with van der Waals surface area (Å²) in [6, 6.07) is 3.34. The highest BCUT2D eigenvalue weighted by molar-refractivity contribution is 5.89. The molecule has 1 N–H and O–H groups in total. The van der Waals surface area contributed by atoms with E-state index >= 15 is 0 Å². The average molecular weight is 305 g/mol. The van der Waals surface area contributed by atoms with Crippen LogP contribution in [0.1, 0.15) is 30.3 Å². The van der Waals surface area contributed by atoms with Gasteiger partial charge in [-0.25, -0.2) is 9.48 Å². The van der Waals surface area contributed by atoms with Gasteiger partial charge in [0.05, 0.1) is 13.2 Å². The van der Waals surface area contributed by atoms with Gasteiger partial charge in [0.1, 0.15) is 17.3 Å². The zero-order valence-electron chi connectivity index (χ0n) is 12.9. The standard InChI is InChI=1S/C14H19N5O3/c1-9-7-10(17-22-9)11-5-4-6-19(11)14(20)15-12-8-13(21-3)16-18(12)2/h7-8,11H,4-6H2,1-3H3,(H,15,20). The van der Waals surface area contributed by atoms with Crippen LogP contribution in [0.5, 0.6) is 5.88 Å². The number of nitrogens with one attached hydrogen (secondary N) is 1. The third kappa shape index (κ3) is 2.63. The first-order chi connectivity index (χ1) is 10.6. The molecule has 22 heavy (non-hydrogen) atoms. The molecule has 2 aromatic heterocycles. The van der Waals surface area contributed by atoms with Gasteiger partial charge in [0, 0.05) is 25.7 Å². The van der Waals surface area contributed by atoms with Crippen LogP contribution in [0.4, 0.5) is 10.6 Å². The number of aryl methyl sites for hydroxylation is 2. The first-order valence-corrected chi connectivity index (χ1v) is 7.17. The normalized spacial score (nSPS) is 17.8. The van der Waals surface area contributed by atoms with Crippen LogP contribution in [-0.4, -0.2) is 39.5 Å². The Hall–Kier alpha value is -2.51. The number of aromatic nitrogens is 3. The Kier molecular flexibility index (Phi) is 3.74. The number of likely N-dealkylation sites (tertiary alicyclic amines) is 1. The van der Waals surface area contributed by atoms with Gasteiger partial charge in [-0.2, -0.15) is 0 Å². The number of carbonyl (C=O) groups is 1. The predicted octanol–water partition coefficient (Wildman–Crippen LogP) is 2.09. The van der Waals surface area contributed by atoms with E-state index in [2.05, 4.69) is 15.6 Å². The van der Waals surface area contributed by atoms with Crippen molar-refractivity contribution in [3.05, 3.63) is 23.6 Å². The van der Waals surface area contributed by atoms with Crippen LogP contribution >= 0.6 is 0 Å². The van der Waals surface area contributed by atoms with Crippen molar-refractivity contribution in [2.24, 2.45) is 7.05 Å². The lowest BCUT2D eigenvalue weighted by molar-refractivity contribution is 0.204. The topological polar surface area (TPSA) is 85.4 Å². The van der Waals surface area contributed by atoms with E-state index in [0.29, 0.717) is 18.2 Å². The minimum absolute atomic E-state index is 0.0485. The Morgan fingerprint density at radius 1 is 1.50 bits per heavy atom. The molecule has 3 rings (SSSR count). The molecule has 8 nitrogen and oxygen atoms in total. The van der Waals surface area contributed by atoms with Crippen molar-refractivity contribution in [3.63, 3.8) is 0 Å². The van der Waals surface area contributed by atoms with Crippen molar-refractivity contribution in [3.8, 4) is 5.88 Å². The zero-order valence-corrected chi connectivity index (χ0v) is 12.9. The quantitative estimate of drug-likeness (QED) is 0.938. The third-order valence-corrected chi connectivity index (χ3v) is 3.80. The van der Waals surface area contributed by atoms with Crippen molar-refractivity contribution < 1.29 is 14.1 Å². The number of hydrogen-bond acceptors (Lipinski definition) is 5. The van der Waals surface area contributed by atoms with Crippen LogP contribution in [0, 0.1) is 6.92 Å². The van der Waals surface area contributed by atoms with E-state index in [9.17, 15) is 4.79 Å². The lowest BCUT2D eigenvalue weighted by Crippen LogP contribution is -2.35. The molecule has 1 fully saturated rings. The minimum atomic E-state index is -0.172. The highest BCUT2D eigenvalue weighted by atomic mass is 16.5. The van der Waals surface area contributed by atoms with Crippen LogP contribution in [0.15, 0.2) is 16.7 Å². The van der Waals surface area contributed by atoms with E-state index in [1.54, 1.807) is 22.7 Å². The van der Waals surface area contributed by atoms with Gasteiger partial charge in [0.2, 0.25) is 5.88 Å². The first kappa shape index (κ1) is 14.4. The van der Waals surface area contributed by atoms with E-state index in [1.165, 1.54) is 7.11 Å². The van der Waals surface area contributed by atoms with Crippen LogP contribution in [0.3, 0.4) is 0 Å². The van der Waals surface area contributed by atoms with Gasteiger partial charge in [-0.3, -0.25) is 5.32 Å². The molecule has 0 saturated carbocycles. The SMILES string of the molecule is COc1cc(NC(=O)N2CCCC2c2cc(C)on2)n(C)n1. The van der Waals surface area contributed by atoms with Gasteiger partial charge in [-0.1, -0.05) is 5.16 Å². The number of hydrogen-bond donors (Lipinski definition) is 1. The van der Waals surface area contributed by atoms with Crippen LogP contribution in [-0.2, 0) is 7.05 Å². The number of carbonyl (C=O) groups excluding carboxylic acids is 1. The van der Waals surface area contributed by atoms with E-state index in [-0.39, 0.29) is 12.1 Å². The highest BCUT2D eigenvalue weighted by Crippen LogP contribution is 2.32. The molecule has 3 heterocycles. The van der Waals surface area contributed by atoms with E-state index in [1.807, 2.05) is 13.0 Å². The molecule has 2 aromatic rings. The molecule has 8 heteroatoms. The Morgan fingerprint density at radius 3 is 2.95 bits per heavy atom. The maximum Gasteiger partial charge on any atom is 0.323 e. The summed E-state index contributed by atoms with van der Waals surface area (Å²) in [5, 5.41) is 11.0. The number of amides is 2. The number of methoxy groups -OCH3 is 1. The molecular formula is C14H19N5O3. The molecule has 0 aromatic carbocycles. The Morgan fingerprint density at radius 2 is 2.32 bits per heavy atom. The summed E-state index contributed by atoms with van der Waals surface area (Å²) >= 11 is 0. The Balaban J connectivity index is 1.74. The molecule has 0 spiro atoms. The number of anilines is 1.